The average Bonchev–Trinajstić information content (AvgIpc) is 3.06. The second kappa shape index (κ2) is 13.3. The van der Waals surface area contributed by atoms with Crippen molar-refractivity contribution in [2.45, 2.75) is 43.3 Å². The predicted octanol–water partition coefficient (Wildman–Crippen LogP) is 2.11. The molecule has 1 N–H and O–H groups in total. The summed E-state index contributed by atoms with van der Waals surface area (Å²) in [6.07, 6.45) is 9.22. The van der Waals surface area contributed by atoms with Crippen molar-refractivity contribution >= 4 is 47.6 Å². The van der Waals surface area contributed by atoms with E-state index in [1.54, 1.807) is 0 Å². The molecule has 0 aromatic rings. The van der Waals surface area contributed by atoms with E-state index in [1.807, 2.05) is 18.8 Å². The number of thioether (sulfide) groups is 1. The third-order valence-electron chi connectivity index (χ3n) is 6.61. The number of ether oxygens (including phenoxy) is 1. The second-order valence-corrected chi connectivity index (χ2v) is 9.73. The first-order chi connectivity index (χ1) is 14.2. The maximum absolute atomic E-state index is 12.7. The molecule has 0 spiro atoms. The summed E-state index contributed by atoms with van der Waals surface area (Å²) < 4.78 is 5.80. The maximum Gasteiger partial charge on any atom is 0.236 e. The molecule has 0 radical (unpaired) electrons. The van der Waals surface area contributed by atoms with E-state index in [1.165, 1.54) is 12.8 Å². The molecule has 0 saturated carbocycles. The summed E-state index contributed by atoms with van der Waals surface area (Å²) in [6.45, 7) is 8.76. The lowest BCUT2D eigenvalue weighted by molar-refractivity contribution is -0.132. The van der Waals surface area contributed by atoms with Crippen LogP contribution in [0.2, 0.25) is 0 Å². The molecule has 3 aliphatic rings. The Bertz CT molecular complexity index is 544. The number of aliphatic imine (C=N–C) groups is 1. The molecule has 3 fully saturated rings. The van der Waals surface area contributed by atoms with Gasteiger partial charge in [-0.25, -0.2) is 0 Å². The third-order valence-corrected chi connectivity index (χ3v) is 8.03. The van der Waals surface area contributed by atoms with Crippen LogP contribution in [0.4, 0.5) is 0 Å². The SMILES string of the molecule is CN=C(NCC1(SC)CCOCC1)N1CCN(CC(=O)N2CCCCCC2)CC1.I. The fourth-order valence-electron chi connectivity index (χ4n) is 4.50. The Morgan fingerprint density at radius 2 is 1.63 bits per heavy atom. The molecule has 3 heterocycles. The first-order valence-electron chi connectivity index (χ1n) is 11.2. The van der Waals surface area contributed by atoms with E-state index in [9.17, 15) is 4.79 Å². The second-order valence-electron chi connectivity index (χ2n) is 8.46. The lowest BCUT2D eigenvalue weighted by Crippen LogP contribution is -2.56. The summed E-state index contributed by atoms with van der Waals surface area (Å²) in [4.78, 5) is 23.9. The molecule has 0 unspecified atom stereocenters. The van der Waals surface area contributed by atoms with Crippen LogP contribution in [0.25, 0.3) is 0 Å². The predicted molar refractivity (Wildman–Crippen MR) is 136 cm³/mol. The molecule has 9 heteroatoms. The molecule has 0 aromatic heterocycles. The van der Waals surface area contributed by atoms with Gasteiger partial charge in [0, 0.05) is 70.8 Å². The van der Waals surface area contributed by atoms with E-state index in [2.05, 4.69) is 31.3 Å². The number of amides is 1. The topological polar surface area (TPSA) is 60.4 Å². The number of rotatable bonds is 5. The van der Waals surface area contributed by atoms with E-state index >= 15 is 0 Å². The number of halogens is 1. The van der Waals surface area contributed by atoms with Crippen LogP contribution in [-0.4, -0.2) is 110 Å². The van der Waals surface area contributed by atoms with Gasteiger partial charge >= 0.3 is 0 Å². The van der Waals surface area contributed by atoms with Gasteiger partial charge < -0.3 is 19.9 Å². The normalized spacial score (nSPS) is 23.5. The summed E-state index contributed by atoms with van der Waals surface area (Å²) in [5.74, 6) is 1.30. The Hall–Kier alpha value is -0.260. The first kappa shape index (κ1) is 26.0. The van der Waals surface area contributed by atoms with Crippen molar-refractivity contribution in [3.63, 3.8) is 0 Å². The van der Waals surface area contributed by atoms with Crippen LogP contribution in [0.3, 0.4) is 0 Å². The summed E-state index contributed by atoms with van der Waals surface area (Å²) in [6, 6.07) is 0. The maximum atomic E-state index is 12.7. The number of piperazine rings is 1. The Labute approximate surface area is 203 Å². The van der Waals surface area contributed by atoms with Crippen molar-refractivity contribution in [1.29, 1.82) is 0 Å². The first-order valence-corrected chi connectivity index (χ1v) is 12.5. The molecule has 3 rings (SSSR count). The fraction of sp³-hybridized carbons (Fsp3) is 0.905. The number of hydrogen-bond acceptors (Lipinski definition) is 5. The van der Waals surface area contributed by atoms with Crippen LogP contribution >= 0.6 is 35.7 Å². The van der Waals surface area contributed by atoms with Gasteiger partial charge in [-0.1, -0.05) is 12.8 Å². The van der Waals surface area contributed by atoms with Crippen molar-refractivity contribution < 1.29 is 9.53 Å². The Kier molecular flexibility index (Phi) is 11.5. The van der Waals surface area contributed by atoms with Gasteiger partial charge in [-0.3, -0.25) is 14.7 Å². The lowest BCUT2D eigenvalue weighted by Gasteiger charge is -2.39. The van der Waals surface area contributed by atoms with E-state index in [-0.39, 0.29) is 28.7 Å². The molecular formula is C21H40IN5O2S. The minimum Gasteiger partial charge on any atom is -0.381 e. The van der Waals surface area contributed by atoms with Gasteiger partial charge in [-0.05, 0) is 31.9 Å². The molecule has 0 aromatic carbocycles. The minimum atomic E-state index is 0. The van der Waals surface area contributed by atoms with Gasteiger partial charge in [-0.2, -0.15) is 11.8 Å². The van der Waals surface area contributed by atoms with E-state index < -0.39 is 0 Å². The van der Waals surface area contributed by atoms with Crippen LogP contribution in [-0.2, 0) is 9.53 Å². The molecule has 0 bridgehead atoms. The van der Waals surface area contributed by atoms with E-state index in [0.29, 0.717) is 12.5 Å². The van der Waals surface area contributed by atoms with E-state index in [0.717, 1.165) is 90.7 Å². The van der Waals surface area contributed by atoms with Crippen molar-refractivity contribution in [1.82, 2.24) is 20.0 Å². The van der Waals surface area contributed by atoms with Gasteiger partial charge in [-0.15, -0.1) is 24.0 Å². The van der Waals surface area contributed by atoms with Crippen molar-refractivity contribution in [2.24, 2.45) is 4.99 Å². The summed E-state index contributed by atoms with van der Waals surface area (Å²) in [7, 11) is 1.87. The third kappa shape index (κ3) is 7.41. The largest absolute Gasteiger partial charge is 0.381 e. The average molecular weight is 554 g/mol. The highest BCUT2D eigenvalue weighted by Crippen LogP contribution is 2.33. The Morgan fingerprint density at radius 3 is 2.20 bits per heavy atom. The summed E-state index contributed by atoms with van der Waals surface area (Å²) in [5, 5.41) is 3.62. The molecule has 0 aliphatic carbocycles. The van der Waals surface area contributed by atoms with Crippen LogP contribution < -0.4 is 5.32 Å². The number of carbonyl (C=O) groups is 1. The lowest BCUT2D eigenvalue weighted by atomic mass is 9.99. The van der Waals surface area contributed by atoms with Crippen molar-refractivity contribution in [2.75, 3.05) is 78.9 Å². The standard InChI is InChI=1S/C21H39N5O2S.HI/c1-22-20(23-18-21(29-2)7-15-28-16-8-21)26-13-11-24(12-14-26)17-19(27)25-9-5-3-4-6-10-25;/h3-18H2,1-2H3,(H,22,23);1H. The molecule has 1 amide bonds. The minimum absolute atomic E-state index is 0. The van der Waals surface area contributed by atoms with Crippen LogP contribution in [0.5, 0.6) is 0 Å². The quantitative estimate of drug-likeness (QED) is 0.320. The molecule has 0 atom stereocenters. The zero-order valence-corrected chi connectivity index (χ0v) is 21.9. The molecule has 174 valence electrons. The van der Waals surface area contributed by atoms with Gasteiger partial charge in [0.1, 0.15) is 0 Å². The fourth-order valence-corrected chi connectivity index (χ4v) is 5.29. The highest BCUT2D eigenvalue weighted by molar-refractivity contribution is 14.0. The van der Waals surface area contributed by atoms with Crippen LogP contribution in [0, 0.1) is 0 Å². The smallest absolute Gasteiger partial charge is 0.236 e. The molecule has 7 nitrogen and oxygen atoms in total. The number of carbonyl (C=O) groups excluding carboxylic acids is 1. The summed E-state index contributed by atoms with van der Waals surface area (Å²) in [5.41, 5.74) is 0. The summed E-state index contributed by atoms with van der Waals surface area (Å²) >= 11 is 1.95. The molecular weight excluding hydrogens is 513 g/mol. The van der Waals surface area contributed by atoms with Crippen LogP contribution in [0.15, 0.2) is 4.99 Å². The molecule has 3 aliphatic heterocycles. The van der Waals surface area contributed by atoms with Gasteiger partial charge in [0.25, 0.3) is 0 Å². The highest BCUT2D eigenvalue weighted by atomic mass is 127. The van der Waals surface area contributed by atoms with Gasteiger partial charge in [0.05, 0.1) is 6.54 Å². The number of nitrogens with one attached hydrogen (secondary N) is 1. The number of likely N-dealkylation sites (tertiary alicyclic amines) is 1. The van der Waals surface area contributed by atoms with Crippen molar-refractivity contribution in [3.8, 4) is 0 Å². The van der Waals surface area contributed by atoms with Gasteiger partial charge in [0.15, 0.2) is 5.96 Å². The number of hydrogen-bond donors (Lipinski definition) is 1. The van der Waals surface area contributed by atoms with E-state index in [4.69, 9.17) is 4.74 Å². The number of nitrogens with zero attached hydrogens (tertiary/aromatic N) is 4. The molecule has 30 heavy (non-hydrogen) atoms. The van der Waals surface area contributed by atoms with Gasteiger partial charge in [0.2, 0.25) is 5.91 Å². The van der Waals surface area contributed by atoms with Crippen LogP contribution in [0.1, 0.15) is 38.5 Å². The highest BCUT2D eigenvalue weighted by Gasteiger charge is 2.32. The number of guanidine groups is 1. The molecule has 3 saturated heterocycles. The Morgan fingerprint density at radius 1 is 1.00 bits per heavy atom. The zero-order valence-electron chi connectivity index (χ0n) is 18.7. The van der Waals surface area contributed by atoms with Crippen molar-refractivity contribution in [3.05, 3.63) is 0 Å². The zero-order chi connectivity index (χ0) is 20.5. The Balaban J connectivity index is 0.00000320. The monoisotopic (exact) mass is 553 g/mol.